The number of nitrogens with zero attached hydrogens (tertiary/aromatic N) is 5. The number of carbonyl (C=O) groups is 2. The van der Waals surface area contributed by atoms with Gasteiger partial charge < -0.3 is 19.4 Å². The van der Waals surface area contributed by atoms with Crippen LogP contribution in [-0.4, -0.2) is 69.9 Å². The van der Waals surface area contributed by atoms with Gasteiger partial charge in [0.25, 0.3) is 11.8 Å². The smallest absolute Gasteiger partial charge is 0.272 e. The van der Waals surface area contributed by atoms with E-state index in [0.29, 0.717) is 42.8 Å². The summed E-state index contributed by atoms with van der Waals surface area (Å²) in [5.41, 5.74) is 2.28. The molecule has 0 aliphatic carbocycles. The van der Waals surface area contributed by atoms with Gasteiger partial charge in [0.1, 0.15) is 23.8 Å². The third kappa shape index (κ3) is 6.36. The average Bonchev–Trinajstić information content (AvgIpc) is 3.48. The van der Waals surface area contributed by atoms with Crippen LogP contribution in [0.5, 0.6) is 5.75 Å². The Morgan fingerprint density at radius 3 is 2.42 bits per heavy atom. The molecule has 2 amide bonds. The quantitative estimate of drug-likeness (QED) is 0.510. The number of oxazole rings is 1. The van der Waals surface area contributed by atoms with Crippen molar-refractivity contribution in [2.75, 3.05) is 26.2 Å². The molecule has 38 heavy (non-hydrogen) atoms. The van der Waals surface area contributed by atoms with Crippen LogP contribution in [0, 0.1) is 11.3 Å². The summed E-state index contributed by atoms with van der Waals surface area (Å²) in [7, 11) is 0. The van der Waals surface area contributed by atoms with Crippen molar-refractivity contribution in [3.8, 4) is 11.8 Å². The zero-order chi connectivity index (χ0) is 26.3. The normalized spacial score (nSPS) is 17.1. The van der Waals surface area contributed by atoms with Gasteiger partial charge in [-0.3, -0.25) is 19.5 Å². The maximum atomic E-state index is 13.0. The van der Waals surface area contributed by atoms with Crippen molar-refractivity contribution in [3.05, 3.63) is 77.8 Å². The fraction of sp³-hybridized carbons (Fsp3) is 0.393. The van der Waals surface area contributed by atoms with Crippen LogP contribution >= 0.6 is 0 Å². The molecule has 4 heterocycles. The van der Waals surface area contributed by atoms with Gasteiger partial charge in [-0.05, 0) is 49.2 Å². The maximum absolute atomic E-state index is 13.0. The Bertz CT molecular complexity index is 1250. The van der Waals surface area contributed by atoms with E-state index in [1.165, 1.54) is 12.6 Å². The monoisotopic (exact) mass is 514 g/mol. The number of piperidine rings is 2. The summed E-state index contributed by atoms with van der Waals surface area (Å²) in [6.45, 7) is 3.63. The fourth-order valence-electron chi connectivity index (χ4n) is 4.84. The third-order valence-corrected chi connectivity index (χ3v) is 7.05. The lowest BCUT2D eigenvalue weighted by molar-refractivity contribution is 0.0589. The maximum Gasteiger partial charge on any atom is 0.272 e. The van der Waals surface area contributed by atoms with Gasteiger partial charge in [-0.25, -0.2) is 4.98 Å². The van der Waals surface area contributed by atoms with E-state index < -0.39 is 0 Å². The predicted octanol–water partition coefficient (Wildman–Crippen LogP) is 3.02. The van der Waals surface area contributed by atoms with Gasteiger partial charge in [-0.1, -0.05) is 0 Å². The highest BCUT2D eigenvalue weighted by Gasteiger charge is 2.26. The summed E-state index contributed by atoms with van der Waals surface area (Å²) >= 11 is 0. The first-order valence-electron chi connectivity index (χ1n) is 12.9. The molecule has 0 bridgehead atoms. The Labute approximate surface area is 221 Å². The Balaban J connectivity index is 1.06. The van der Waals surface area contributed by atoms with E-state index in [0.717, 1.165) is 43.9 Å². The van der Waals surface area contributed by atoms with Crippen LogP contribution in [0.2, 0.25) is 0 Å². The van der Waals surface area contributed by atoms with Crippen molar-refractivity contribution in [2.24, 2.45) is 0 Å². The molecule has 10 nitrogen and oxygen atoms in total. The number of amides is 2. The summed E-state index contributed by atoms with van der Waals surface area (Å²) in [6.07, 6.45) is 7.73. The summed E-state index contributed by atoms with van der Waals surface area (Å²) in [4.78, 5) is 38.2. The minimum atomic E-state index is -0.174. The van der Waals surface area contributed by atoms with Crippen LogP contribution in [0.3, 0.4) is 0 Å². The van der Waals surface area contributed by atoms with Gasteiger partial charge in [0.05, 0.1) is 22.9 Å². The number of benzene rings is 1. The first-order chi connectivity index (χ1) is 18.6. The van der Waals surface area contributed by atoms with Gasteiger partial charge in [0.2, 0.25) is 0 Å². The van der Waals surface area contributed by atoms with Crippen molar-refractivity contribution in [3.63, 3.8) is 0 Å². The van der Waals surface area contributed by atoms with Crippen LogP contribution in [0.4, 0.5) is 0 Å². The number of carbonyl (C=O) groups excluding carboxylic acids is 2. The predicted molar refractivity (Wildman–Crippen MR) is 137 cm³/mol. The first kappa shape index (κ1) is 25.4. The van der Waals surface area contributed by atoms with E-state index >= 15 is 0 Å². The molecule has 0 unspecified atom stereocenters. The summed E-state index contributed by atoms with van der Waals surface area (Å²) < 4.78 is 11.0. The minimum Gasteiger partial charge on any atom is -0.490 e. The molecular weight excluding hydrogens is 484 g/mol. The Morgan fingerprint density at radius 1 is 1.03 bits per heavy atom. The highest BCUT2D eigenvalue weighted by molar-refractivity contribution is 5.96. The molecule has 0 saturated carbocycles. The molecule has 10 heteroatoms. The zero-order valence-corrected chi connectivity index (χ0v) is 21.1. The lowest BCUT2D eigenvalue weighted by atomic mass is 10.0. The molecule has 2 fully saturated rings. The number of likely N-dealkylation sites (tertiary alicyclic amines) is 2. The lowest BCUT2D eigenvalue weighted by Crippen LogP contribution is -2.44. The second-order valence-corrected chi connectivity index (χ2v) is 9.68. The zero-order valence-electron chi connectivity index (χ0n) is 21.1. The summed E-state index contributed by atoms with van der Waals surface area (Å²) in [5, 5.41) is 12.0. The fourth-order valence-corrected chi connectivity index (χ4v) is 4.84. The minimum absolute atomic E-state index is 0.0141. The van der Waals surface area contributed by atoms with E-state index in [-0.39, 0.29) is 24.0 Å². The number of nitriles is 1. The molecule has 0 radical (unpaired) electrons. The van der Waals surface area contributed by atoms with Crippen LogP contribution in [0.15, 0.2) is 59.7 Å². The van der Waals surface area contributed by atoms with Gasteiger partial charge in [-0.15, -0.1) is 0 Å². The standard InChI is InChI=1S/C28H30N6O4/c29-15-20-1-4-24(5-2-20)38-25-9-13-34(14-10-25)28(36)26-6-3-21(16-30-26)27(35)32-22-7-11-33(12-8-22)17-23-18-37-19-31-23/h1-6,16,18-19,22,25H,7-14,17H2,(H,32,35). The van der Waals surface area contributed by atoms with Crippen LogP contribution < -0.4 is 10.1 Å². The Kier molecular flexibility index (Phi) is 7.95. The molecule has 2 saturated heterocycles. The van der Waals surface area contributed by atoms with Crippen molar-refractivity contribution in [2.45, 2.75) is 44.4 Å². The number of rotatable bonds is 7. The molecule has 2 aromatic heterocycles. The lowest BCUT2D eigenvalue weighted by Gasteiger charge is -2.32. The topological polar surface area (TPSA) is 125 Å². The van der Waals surface area contributed by atoms with Crippen molar-refractivity contribution < 1.29 is 18.7 Å². The average molecular weight is 515 g/mol. The highest BCUT2D eigenvalue weighted by Crippen LogP contribution is 2.21. The highest BCUT2D eigenvalue weighted by atomic mass is 16.5. The Morgan fingerprint density at radius 2 is 1.79 bits per heavy atom. The molecule has 2 aliphatic heterocycles. The van der Waals surface area contributed by atoms with Crippen molar-refractivity contribution >= 4 is 11.8 Å². The van der Waals surface area contributed by atoms with Gasteiger partial charge in [0, 0.05) is 57.8 Å². The SMILES string of the molecule is N#Cc1ccc(OC2CCN(C(=O)c3ccc(C(=O)NC4CCN(Cc5cocn5)CC4)cn3)CC2)cc1. The molecule has 0 atom stereocenters. The second-order valence-electron chi connectivity index (χ2n) is 9.68. The van der Waals surface area contributed by atoms with Crippen LogP contribution in [0.1, 0.15) is 57.8 Å². The van der Waals surface area contributed by atoms with E-state index in [4.69, 9.17) is 14.4 Å². The van der Waals surface area contributed by atoms with E-state index in [2.05, 4.69) is 26.3 Å². The molecule has 196 valence electrons. The van der Waals surface area contributed by atoms with Gasteiger partial charge >= 0.3 is 0 Å². The van der Waals surface area contributed by atoms with Crippen LogP contribution in [-0.2, 0) is 6.54 Å². The molecule has 1 N–H and O–H groups in total. The molecular formula is C28H30N6O4. The number of pyridine rings is 1. The summed E-state index contributed by atoms with van der Waals surface area (Å²) in [6, 6.07) is 12.5. The number of hydrogen-bond donors (Lipinski definition) is 1. The molecule has 1 aromatic carbocycles. The van der Waals surface area contributed by atoms with E-state index in [9.17, 15) is 9.59 Å². The third-order valence-electron chi connectivity index (χ3n) is 7.05. The van der Waals surface area contributed by atoms with Gasteiger partial charge in [0.15, 0.2) is 6.39 Å². The van der Waals surface area contributed by atoms with E-state index in [1.54, 1.807) is 47.6 Å². The largest absolute Gasteiger partial charge is 0.490 e. The molecule has 2 aliphatic rings. The summed E-state index contributed by atoms with van der Waals surface area (Å²) in [5.74, 6) is 0.405. The van der Waals surface area contributed by atoms with Crippen molar-refractivity contribution in [1.82, 2.24) is 25.1 Å². The van der Waals surface area contributed by atoms with Crippen LogP contribution in [0.25, 0.3) is 0 Å². The number of ether oxygens (including phenoxy) is 1. The number of aromatic nitrogens is 2. The molecule has 0 spiro atoms. The molecule has 3 aromatic rings. The molecule has 5 rings (SSSR count). The van der Waals surface area contributed by atoms with E-state index in [1.807, 2.05) is 0 Å². The number of hydrogen-bond acceptors (Lipinski definition) is 8. The number of nitrogens with one attached hydrogen (secondary N) is 1. The Hall–Kier alpha value is -4.23. The first-order valence-corrected chi connectivity index (χ1v) is 12.9. The van der Waals surface area contributed by atoms with Crippen molar-refractivity contribution in [1.29, 1.82) is 5.26 Å². The second kappa shape index (κ2) is 11.9. The van der Waals surface area contributed by atoms with Gasteiger partial charge in [-0.2, -0.15) is 5.26 Å².